The number of pyridine rings is 1. The van der Waals surface area contributed by atoms with Gasteiger partial charge < -0.3 is 15.7 Å². The van der Waals surface area contributed by atoms with Crippen LogP contribution in [-0.2, 0) is 0 Å². The second-order valence-electron chi connectivity index (χ2n) is 3.79. The van der Waals surface area contributed by atoms with E-state index in [2.05, 4.69) is 26.1 Å². The number of aromatic nitrogens is 1. The van der Waals surface area contributed by atoms with Gasteiger partial charge >= 0.3 is 0 Å². The van der Waals surface area contributed by atoms with Gasteiger partial charge in [-0.05, 0) is 28.1 Å². The molecule has 0 spiro atoms. The van der Waals surface area contributed by atoms with E-state index >= 15 is 0 Å². The summed E-state index contributed by atoms with van der Waals surface area (Å²) in [5, 5.41) is 22.3. The fraction of sp³-hybridized carbons (Fsp3) is 0. The number of nitrogens with zero attached hydrogens (tertiary/aromatic N) is 3. The van der Waals surface area contributed by atoms with Crippen LogP contribution in [0.15, 0.2) is 46.0 Å². The molecule has 108 valence electrons. The van der Waals surface area contributed by atoms with E-state index in [-0.39, 0.29) is 33.3 Å². The molecule has 2 rings (SSSR count). The molecule has 21 heavy (non-hydrogen) atoms. The van der Waals surface area contributed by atoms with Crippen LogP contribution in [-0.4, -0.2) is 21.0 Å². The normalized spacial score (nSPS) is 11.2. The zero-order valence-electron chi connectivity index (χ0n) is 10.4. The van der Waals surface area contributed by atoms with Crippen LogP contribution in [0.2, 0.25) is 0 Å². The summed E-state index contributed by atoms with van der Waals surface area (Å²) >= 11 is 3.12. The Balaban J connectivity index is 2.35. The number of halogens is 1. The second-order valence-corrected chi connectivity index (χ2v) is 4.59. The first-order valence-electron chi connectivity index (χ1n) is 5.58. The van der Waals surface area contributed by atoms with Crippen molar-refractivity contribution in [3.8, 4) is 11.6 Å². The summed E-state index contributed by atoms with van der Waals surface area (Å²) < 4.78 is 5.68. The Morgan fingerprint density at radius 3 is 2.76 bits per heavy atom. The molecule has 0 aliphatic rings. The molecule has 1 aromatic heterocycles. The first kappa shape index (κ1) is 14.7. The molecule has 0 atom stereocenters. The summed E-state index contributed by atoms with van der Waals surface area (Å²) in [5.41, 5.74) is 5.53. The minimum atomic E-state index is -0.531. The highest BCUT2D eigenvalue weighted by molar-refractivity contribution is 9.10. The van der Waals surface area contributed by atoms with Gasteiger partial charge in [-0.25, -0.2) is 4.98 Å². The molecule has 0 radical (unpaired) electrons. The summed E-state index contributed by atoms with van der Waals surface area (Å²) in [6, 6.07) is 9.06. The zero-order chi connectivity index (χ0) is 15.4. The van der Waals surface area contributed by atoms with E-state index in [0.717, 1.165) is 0 Å². The Morgan fingerprint density at radius 2 is 2.10 bits per heavy atom. The molecule has 0 amide bonds. The van der Waals surface area contributed by atoms with Gasteiger partial charge in [0.15, 0.2) is 11.6 Å². The Kier molecular flexibility index (Phi) is 4.33. The van der Waals surface area contributed by atoms with Gasteiger partial charge in [0.25, 0.3) is 5.69 Å². The SMILES string of the molecule is N/C(=N/O)c1cccc(Oc2cccc([N+](=O)[O-])c2Br)n1. The highest BCUT2D eigenvalue weighted by Gasteiger charge is 2.16. The lowest BCUT2D eigenvalue weighted by Gasteiger charge is -2.07. The molecule has 8 nitrogen and oxygen atoms in total. The second kappa shape index (κ2) is 6.18. The Morgan fingerprint density at radius 1 is 1.38 bits per heavy atom. The number of ether oxygens (including phenoxy) is 1. The van der Waals surface area contributed by atoms with Gasteiger partial charge in [0, 0.05) is 12.1 Å². The maximum absolute atomic E-state index is 10.9. The first-order chi connectivity index (χ1) is 10.0. The number of nitro benzene ring substituents is 1. The van der Waals surface area contributed by atoms with Crippen molar-refractivity contribution in [3.05, 3.63) is 56.7 Å². The fourth-order valence-electron chi connectivity index (χ4n) is 1.50. The van der Waals surface area contributed by atoms with Crippen LogP contribution in [0, 0.1) is 10.1 Å². The highest BCUT2D eigenvalue weighted by atomic mass is 79.9. The molecule has 0 aliphatic carbocycles. The van der Waals surface area contributed by atoms with Gasteiger partial charge in [-0.15, -0.1) is 0 Å². The van der Waals surface area contributed by atoms with Gasteiger partial charge in [0.05, 0.1) is 4.92 Å². The molecular formula is C12H9BrN4O4. The summed E-state index contributed by atoms with van der Waals surface area (Å²) in [4.78, 5) is 14.3. The number of hydrogen-bond donors (Lipinski definition) is 2. The highest BCUT2D eigenvalue weighted by Crippen LogP contribution is 2.35. The van der Waals surface area contributed by atoms with Gasteiger partial charge in [0.1, 0.15) is 10.2 Å². The predicted octanol–water partition coefficient (Wildman–Crippen LogP) is 2.64. The standard InChI is InChI=1S/C12H9BrN4O4/c13-11-8(17(19)20)4-2-5-9(11)21-10-6-1-3-7(15-10)12(14)16-18/h1-6,18H,(H2,14,16). The average molecular weight is 353 g/mol. The molecule has 3 N–H and O–H groups in total. The molecule has 0 fully saturated rings. The van der Waals surface area contributed by atoms with Gasteiger partial charge in [-0.1, -0.05) is 17.3 Å². The van der Waals surface area contributed by atoms with Gasteiger partial charge in [0.2, 0.25) is 5.88 Å². The molecule has 9 heteroatoms. The molecule has 0 bridgehead atoms. The maximum atomic E-state index is 10.9. The van der Waals surface area contributed by atoms with E-state index in [0.29, 0.717) is 0 Å². The third kappa shape index (κ3) is 3.26. The molecule has 0 saturated heterocycles. The molecular weight excluding hydrogens is 344 g/mol. The van der Waals surface area contributed by atoms with E-state index in [1.54, 1.807) is 18.2 Å². The number of oxime groups is 1. The van der Waals surface area contributed by atoms with Crippen LogP contribution in [0.25, 0.3) is 0 Å². The first-order valence-corrected chi connectivity index (χ1v) is 6.38. The minimum Gasteiger partial charge on any atom is -0.438 e. The van der Waals surface area contributed by atoms with Crippen LogP contribution < -0.4 is 10.5 Å². The third-order valence-electron chi connectivity index (χ3n) is 2.45. The number of hydrogen-bond acceptors (Lipinski definition) is 6. The Bertz CT molecular complexity index is 720. The number of amidine groups is 1. The van der Waals surface area contributed by atoms with E-state index < -0.39 is 4.92 Å². The van der Waals surface area contributed by atoms with Crippen molar-refractivity contribution in [2.24, 2.45) is 10.9 Å². The third-order valence-corrected chi connectivity index (χ3v) is 3.24. The number of benzene rings is 1. The lowest BCUT2D eigenvalue weighted by Crippen LogP contribution is -2.14. The van der Waals surface area contributed by atoms with Crippen molar-refractivity contribution in [3.63, 3.8) is 0 Å². The molecule has 1 aromatic carbocycles. The molecule has 0 unspecified atom stereocenters. The average Bonchev–Trinajstić information content (AvgIpc) is 2.48. The Labute approximate surface area is 127 Å². The number of rotatable bonds is 4. The summed E-state index contributed by atoms with van der Waals surface area (Å²) in [6.07, 6.45) is 0. The molecule has 1 heterocycles. The minimum absolute atomic E-state index is 0.125. The van der Waals surface area contributed by atoms with E-state index in [1.165, 1.54) is 18.2 Å². The summed E-state index contributed by atoms with van der Waals surface area (Å²) in [5.74, 6) is 0.215. The number of nitro groups is 1. The van der Waals surface area contributed by atoms with Gasteiger partial charge in [-0.3, -0.25) is 10.1 Å². The number of nitrogens with two attached hydrogens (primary N) is 1. The summed E-state index contributed by atoms with van der Waals surface area (Å²) in [6.45, 7) is 0. The topological polar surface area (TPSA) is 124 Å². The van der Waals surface area contributed by atoms with E-state index in [1.807, 2.05) is 0 Å². The van der Waals surface area contributed by atoms with Crippen LogP contribution in [0.4, 0.5) is 5.69 Å². The quantitative estimate of drug-likeness (QED) is 0.286. The van der Waals surface area contributed by atoms with Crippen molar-refractivity contribution in [1.82, 2.24) is 4.98 Å². The smallest absolute Gasteiger partial charge is 0.287 e. The fourth-order valence-corrected chi connectivity index (χ4v) is 1.99. The van der Waals surface area contributed by atoms with Gasteiger partial charge in [-0.2, -0.15) is 0 Å². The van der Waals surface area contributed by atoms with Crippen molar-refractivity contribution in [2.45, 2.75) is 0 Å². The van der Waals surface area contributed by atoms with Crippen LogP contribution in [0.5, 0.6) is 11.6 Å². The van der Waals surface area contributed by atoms with E-state index in [4.69, 9.17) is 15.7 Å². The summed E-state index contributed by atoms with van der Waals surface area (Å²) in [7, 11) is 0. The van der Waals surface area contributed by atoms with Crippen molar-refractivity contribution in [1.29, 1.82) is 0 Å². The van der Waals surface area contributed by atoms with Crippen LogP contribution in [0.3, 0.4) is 0 Å². The lowest BCUT2D eigenvalue weighted by molar-refractivity contribution is -0.385. The van der Waals surface area contributed by atoms with Crippen molar-refractivity contribution >= 4 is 27.5 Å². The molecule has 2 aromatic rings. The maximum Gasteiger partial charge on any atom is 0.287 e. The van der Waals surface area contributed by atoms with E-state index in [9.17, 15) is 10.1 Å². The van der Waals surface area contributed by atoms with Crippen molar-refractivity contribution < 1.29 is 14.9 Å². The monoisotopic (exact) mass is 352 g/mol. The molecule has 0 aliphatic heterocycles. The van der Waals surface area contributed by atoms with Crippen LogP contribution in [0.1, 0.15) is 5.69 Å². The van der Waals surface area contributed by atoms with Crippen molar-refractivity contribution in [2.75, 3.05) is 0 Å². The molecule has 0 saturated carbocycles. The van der Waals surface area contributed by atoms with Crippen LogP contribution >= 0.6 is 15.9 Å². The Hall–Kier alpha value is -2.68. The largest absolute Gasteiger partial charge is 0.438 e. The zero-order valence-corrected chi connectivity index (χ0v) is 12.0. The predicted molar refractivity (Wildman–Crippen MR) is 77.6 cm³/mol. The lowest BCUT2D eigenvalue weighted by atomic mass is 10.3.